The van der Waals surface area contributed by atoms with Crippen molar-refractivity contribution in [3.05, 3.63) is 46.9 Å². The molecule has 0 spiro atoms. The monoisotopic (exact) mass is 492 g/mol. The zero-order valence-corrected chi connectivity index (χ0v) is 20.7. The Morgan fingerprint density at radius 1 is 0.676 bits per heavy atom. The Balaban J connectivity index is 2.27. The SMILES string of the molecule is COc1cc(OC)c(C=CC(=O)CS(=O)(=O)C=Cc2c(OC)cc(OC)cc2OC)c(OC)c1. The molecule has 0 fully saturated rings. The summed E-state index contributed by atoms with van der Waals surface area (Å²) in [5.41, 5.74) is 0.866. The van der Waals surface area contributed by atoms with Crippen LogP contribution in [0.15, 0.2) is 35.7 Å². The molecule has 2 aromatic rings. The molecule has 2 rings (SSSR count). The van der Waals surface area contributed by atoms with E-state index in [1.54, 1.807) is 24.3 Å². The van der Waals surface area contributed by atoms with Crippen LogP contribution in [-0.2, 0) is 14.6 Å². The van der Waals surface area contributed by atoms with Gasteiger partial charge in [0.1, 0.15) is 40.2 Å². The molecule has 0 atom stereocenters. The smallest absolute Gasteiger partial charge is 0.179 e. The van der Waals surface area contributed by atoms with Gasteiger partial charge in [-0.3, -0.25) is 4.79 Å². The zero-order valence-electron chi connectivity index (χ0n) is 19.9. The van der Waals surface area contributed by atoms with E-state index in [1.165, 1.54) is 54.8 Å². The van der Waals surface area contributed by atoms with Crippen LogP contribution in [0.1, 0.15) is 11.1 Å². The van der Waals surface area contributed by atoms with Gasteiger partial charge in [-0.2, -0.15) is 0 Å². The summed E-state index contributed by atoms with van der Waals surface area (Å²) < 4.78 is 56.8. The Bertz CT molecular complexity index is 1130. The highest BCUT2D eigenvalue weighted by molar-refractivity contribution is 7.95. The Morgan fingerprint density at radius 3 is 1.41 bits per heavy atom. The second kappa shape index (κ2) is 12.0. The molecule has 0 unspecified atom stereocenters. The average molecular weight is 493 g/mol. The van der Waals surface area contributed by atoms with Crippen LogP contribution in [0, 0.1) is 0 Å². The van der Waals surface area contributed by atoms with Gasteiger partial charge in [-0.25, -0.2) is 8.42 Å². The van der Waals surface area contributed by atoms with E-state index in [9.17, 15) is 13.2 Å². The molecule has 0 amide bonds. The first-order valence-electron chi connectivity index (χ1n) is 9.93. The van der Waals surface area contributed by atoms with Crippen LogP contribution < -0.4 is 28.4 Å². The fourth-order valence-electron chi connectivity index (χ4n) is 3.04. The van der Waals surface area contributed by atoms with Gasteiger partial charge in [0.15, 0.2) is 15.6 Å². The summed E-state index contributed by atoms with van der Waals surface area (Å²) in [4.78, 5) is 12.4. The average Bonchev–Trinajstić information content (AvgIpc) is 2.84. The van der Waals surface area contributed by atoms with Crippen molar-refractivity contribution in [2.24, 2.45) is 0 Å². The van der Waals surface area contributed by atoms with E-state index in [-0.39, 0.29) is 0 Å². The van der Waals surface area contributed by atoms with Crippen molar-refractivity contribution in [2.45, 2.75) is 0 Å². The molecule has 0 aliphatic rings. The van der Waals surface area contributed by atoms with Gasteiger partial charge in [0, 0.05) is 29.7 Å². The van der Waals surface area contributed by atoms with Gasteiger partial charge in [-0.05, 0) is 18.2 Å². The van der Waals surface area contributed by atoms with Gasteiger partial charge < -0.3 is 28.4 Å². The second-order valence-corrected chi connectivity index (χ2v) is 8.69. The van der Waals surface area contributed by atoms with Crippen LogP contribution in [0.4, 0.5) is 0 Å². The number of hydrogen-bond donors (Lipinski definition) is 0. The van der Waals surface area contributed by atoms with Crippen LogP contribution >= 0.6 is 0 Å². The molecule has 0 aliphatic carbocycles. The number of benzene rings is 2. The standard InChI is InChI=1S/C24H28O9S/c1-28-17-11-21(30-3)19(22(12-17)31-4)8-7-16(25)15-34(26,27)10-9-20-23(32-5)13-18(29-2)14-24(20)33-6/h7-14H,15H2,1-6H3. The van der Waals surface area contributed by atoms with Crippen molar-refractivity contribution in [3.63, 3.8) is 0 Å². The number of sulfone groups is 1. The van der Waals surface area contributed by atoms with Gasteiger partial charge in [0.25, 0.3) is 0 Å². The molecular weight excluding hydrogens is 464 g/mol. The molecule has 2 aromatic carbocycles. The minimum Gasteiger partial charge on any atom is -0.496 e. The normalized spacial score (nSPS) is 11.5. The number of hydrogen-bond acceptors (Lipinski definition) is 9. The second-order valence-electron chi connectivity index (χ2n) is 6.80. The molecule has 0 saturated heterocycles. The van der Waals surface area contributed by atoms with Crippen LogP contribution in [0.25, 0.3) is 12.2 Å². The van der Waals surface area contributed by atoms with Crippen molar-refractivity contribution in [1.29, 1.82) is 0 Å². The lowest BCUT2D eigenvalue weighted by Gasteiger charge is -2.12. The van der Waals surface area contributed by atoms with Crippen LogP contribution in [0.2, 0.25) is 0 Å². The van der Waals surface area contributed by atoms with Gasteiger partial charge in [0.2, 0.25) is 0 Å². The fraction of sp³-hybridized carbons (Fsp3) is 0.292. The van der Waals surface area contributed by atoms with E-state index in [0.29, 0.717) is 45.6 Å². The number of allylic oxidation sites excluding steroid dienone is 1. The van der Waals surface area contributed by atoms with Crippen LogP contribution in [0.3, 0.4) is 0 Å². The minimum atomic E-state index is -3.90. The van der Waals surface area contributed by atoms with E-state index >= 15 is 0 Å². The van der Waals surface area contributed by atoms with E-state index < -0.39 is 21.4 Å². The number of carbonyl (C=O) groups excluding carboxylic acids is 1. The molecule has 0 aromatic heterocycles. The third kappa shape index (κ3) is 6.67. The summed E-state index contributed by atoms with van der Waals surface area (Å²) in [6.45, 7) is 0. The number of rotatable bonds is 12. The summed E-state index contributed by atoms with van der Waals surface area (Å²) in [5.74, 6) is 1.15. The number of methoxy groups -OCH3 is 6. The highest BCUT2D eigenvalue weighted by atomic mass is 32.2. The first-order chi connectivity index (χ1) is 16.2. The zero-order chi connectivity index (χ0) is 25.3. The number of ether oxygens (including phenoxy) is 6. The minimum absolute atomic E-state index is 0.354. The molecule has 0 aliphatic heterocycles. The first-order valence-corrected chi connectivity index (χ1v) is 11.6. The topological polar surface area (TPSA) is 107 Å². The van der Waals surface area contributed by atoms with Crippen molar-refractivity contribution < 1.29 is 41.6 Å². The largest absolute Gasteiger partial charge is 0.496 e. The molecule has 0 bridgehead atoms. The summed E-state index contributed by atoms with van der Waals surface area (Å²) in [6.07, 6.45) is 3.92. The highest BCUT2D eigenvalue weighted by Gasteiger charge is 2.16. The summed E-state index contributed by atoms with van der Waals surface area (Å²) in [7, 11) is 4.90. The fourth-order valence-corrected chi connectivity index (χ4v) is 3.97. The van der Waals surface area contributed by atoms with Crippen LogP contribution in [0.5, 0.6) is 34.5 Å². The van der Waals surface area contributed by atoms with Crippen LogP contribution in [-0.4, -0.2) is 62.6 Å². The maximum Gasteiger partial charge on any atom is 0.179 e. The van der Waals surface area contributed by atoms with Crippen molar-refractivity contribution in [3.8, 4) is 34.5 Å². The first kappa shape index (κ1) is 26.6. The Morgan fingerprint density at radius 2 is 1.06 bits per heavy atom. The molecule has 34 heavy (non-hydrogen) atoms. The van der Waals surface area contributed by atoms with E-state index in [1.807, 2.05) is 0 Å². The third-order valence-electron chi connectivity index (χ3n) is 4.73. The molecule has 0 radical (unpaired) electrons. The van der Waals surface area contributed by atoms with E-state index in [4.69, 9.17) is 28.4 Å². The van der Waals surface area contributed by atoms with Gasteiger partial charge in [0.05, 0.1) is 53.8 Å². The van der Waals surface area contributed by atoms with Crippen molar-refractivity contribution in [2.75, 3.05) is 48.4 Å². The molecule has 0 heterocycles. The number of ketones is 1. The van der Waals surface area contributed by atoms with Gasteiger partial charge >= 0.3 is 0 Å². The maximum atomic E-state index is 12.6. The van der Waals surface area contributed by atoms with Gasteiger partial charge in [-0.15, -0.1) is 0 Å². The molecular formula is C24H28O9S. The lowest BCUT2D eigenvalue weighted by molar-refractivity contribution is -0.112. The van der Waals surface area contributed by atoms with Gasteiger partial charge in [-0.1, -0.05) is 0 Å². The summed E-state index contributed by atoms with van der Waals surface area (Å²) in [5, 5.41) is 0.945. The highest BCUT2D eigenvalue weighted by Crippen LogP contribution is 2.36. The lowest BCUT2D eigenvalue weighted by Crippen LogP contribution is -2.11. The van der Waals surface area contributed by atoms with Crippen molar-refractivity contribution >= 4 is 27.8 Å². The lowest BCUT2D eigenvalue weighted by atomic mass is 10.1. The third-order valence-corrected chi connectivity index (χ3v) is 5.97. The van der Waals surface area contributed by atoms with E-state index in [0.717, 1.165) is 11.5 Å². The molecule has 184 valence electrons. The summed E-state index contributed by atoms with van der Waals surface area (Å²) >= 11 is 0. The Labute approximate surface area is 199 Å². The predicted octanol–water partition coefficient (Wildman–Crippen LogP) is 3.41. The molecule has 0 N–H and O–H groups in total. The maximum absolute atomic E-state index is 12.6. The molecule has 9 nitrogen and oxygen atoms in total. The molecule has 0 saturated carbocycles. The predicted molar refractivity (Wildman–Crippen MR) is 129 cm³/mol. The van der Waals surface area contributed by atoms with Crippen molar-refractivity contribution in [1.82, 2.24) is 0 Å². The summed E-state index contributed by atoms with van der Waals surface area (Å²) in [6, 6.07) is 6.44. The number of carbonyl (C=O) groups is 1. The quantitative estimate of drug-likeness (QED) is 0.412. The molecule has 10 heteroatoms. The van der Waals surface area contributed by atoms with E-state index in [2.05, 4.69) is 0 Å². The Kier molecular flexibility index (Phi) is 9.37. The Hall–Kier alpha value is -3.66.